The van der Waals surface area contributed by atoms with Crippen LogP contribution in [0.4, 0.5) is 0 Å². The summed E-state index contributed by atoms with van der Waals surface area (Å²) >= 11 is 0. The number of rotatable bonds is 0. The fourth-order valence-corrected chi connectivity index (χ4v) is 0.630. The van der Waals surface area contributed by atoms with E-state index in [1.54, 1.807) is 12.4 Å². The van der Waals surface area contributed by atoms with Crippen LogP contribution in [0.3, 0.4) is 0 Å². The summed E-state index contributed by atoms with van der Waals surface area (Å²) in [5, 5.41) is 0. The second-order valence-corrected chi connectivity index (χ2v) is 1.82. The maximum Gasteiger partial charge on any atom is 0.214 e. The quantitative estimate of drug-likeness (QED) is 0.460. The highest BCUT2D eigenvalue weighted by Crippen LogP contribution is 2.13. The maximum absolute atomic E-state index is 4.88. The highest BCUT2D eigenvalue weighted by atomic mass is 31.1. The molecule has 0 radical (unpaired) electrons. The van der Waals surface area contributed by atoms with E-state index in [2.05, 4.69) is 4.99 Å². The molecule has 0 aromatic rings. The van der Waals surface area contributed by atoms with Crippen LogP contribution in [-0.2, 0) is 9.05 Å². The molecule has 0 fully saturated rings. The molecule has 0 aromatic heterocycles. The molecule has 0 N–H and O–H groups in total. The fraction of sp³-hybridized carbons (Fsp3) is 0.250. The van der Waals surface area contributed by atoms with E-state index in [9.17, 15) is 0 Å². The molecule has 3 nitrogen and oxygen atoms in total. The number of hydrogen-bond acceptors (Lipinski definition) is 3. The zero-order chi connectivity index (χ0) is 5.66. The first-order chi connectivity index (χ1) is 4.00. The van der Waals surface area contributed by atoms with Crippen molar-refractivity contribution in [3.63, 3.8) is 0 Å². The molecule has 1 unspecified atom stereocenters. The summed E-state index contributed by atoms with van der Waals surface area (Å²) in [5.41, 5.74) is 0. The third-order valence-corrected chi connectivity index (χ3v) is 1.10. The first kappa shape index (κ1) is 5.73. The second kappa shape index (κ2) is 3.58. The van der Waals surface area contributed by atoms with E-state index in [0.717, 1.165) is 0 Å². The summed E-state index contributed by atoms with van der Waals surface area (Å²) in [7, 11) is 0.112. The van der Waals surface area contributed by atoms with Crippen molar-refractivity contribution >= 4 is 15.2 Å². The van der Waals surface area contributed by atoms with Crippen LogP contribution in [0.1, 0.15) is 0 Å². The van der Waals surface area contributed by atoms with Gasteiger partial charge < -0.3 is 9.05 Å². The third kappa shape index (κ3) is 2.05. The lowest BCUT2D eigenvalue weighted by molar-refractivity contribution is 0.365. The Kier molecular flexibility index (Phi) is 2.57. The molecule has 0 aromatic carbocycles. The third-order valence-electron chi connectivity index (χ3n) is 0.585. The van der Waals surface area contributed by atoms with Gasteiger partial charge in [0.1, 0.15) is 6.26 Å². The zero-order valence-electron chi connectivity index (χ0n) is 4.20. The SMILES string of the molecule is C1=N/C=C\OPOC1. The Morgan fingerprint density at radius 2 is 2.62 bits per heavy atom. The van der Waals surface area contributed by atoms with Gasteiger partial charge in [0.15, 0.2) is 0 Å². The summed E-state index contributed by atoms with van der Waals surface area (Å²) in [4.78, 5) is 3.78. The predicted octanol–water partition coefficient (Wildman–Crippen LogP) is 1.08. The van der Waals surface area contributed by atoms with Crippen LogP contribution in [0.5, 0.6) is 0 Å². The highest BCUT2D eigenvalue weighted by molar-refractivity contribution is 7.26. The molecule has 0 spiro atoms. The molecule has 1 heterocycles. The van der Waals surface area contributed by atoms with Gasteiger partial charge in [0.2, 0.25) is 9.03 Å². The Labute approximate surface area is 49.3 Å². The van der Waals surface area contributed by atoms with Gasteiger partial charge in [-0.3, -0.25) is 4.99 Å². The lowest BCUT2D eigenvalue weighted by atomic mass is 10.8. The molecule has 1 rings (SSSR count). The van der Waals surface area contributed by atoms with Gasteiger partial charge in [-0.2, -0.15) is 0 Å². The summed E-state index contributed by atoms with van der Waals surface area (Å²) < 4.78 is 9.67. The van der Waals surface area contributed by atoms with Gasteiger partial charge in [0.05, 0.1) is 12.8 Å². The van der Waals surface area contributed by atoms with Crippen LogP contribution >= 0.6 is 9.03 Å². The Morgan fingerprint density at radius 3 is 3.62 bits per heavy atom. The molecule has 0 aliphatic carbocycles. The van der Waals surface area contributed by atoms with Crippen LogP contribution in [-0.4, -0.2) is 12.8 Å². The Morgan fingerprint density at radius 1 is 1.62 bits per heavy atom. The molecule has 1 atom stereocenters. The van der Waals surface area contributed by atoms with Crippen molar-refractivity contribution in [2.75, 3.05) is 6.61 Å². The highest BCUT2D eigenvalue weighted by Gasteiger charge is 1.83. The fourth-order valence-electron chi connectivity index (χ4n) is 0.303. The second-order valence-electron chi connectivity index (χ2n) is 1.13. The van der Waals surface area contributed by atoms with Crippen molar-refractivity contribution in [2.24, 2.45) is 4.99 Å². The van der Waals surface area contributed by atoms with Crippen LogP contribution in [0.2, 0.25) is 0 Å². The minimum Gasteiger partial charge on any atom is -0.456 e. The van der Waals surface area contributed by atoms with Gasteiger partial charge in [-0.1, -0.05) is 0 Å². The van der Waals surface area contributed by atoms with E-state index in [0.29, 0.717) is 6.61 Å². The average molecular weight is 131 g/mol. The Hall–Kier alpha value is -0.400. The maximum atomic E-state index is 4.88. The molecule has 0 bridgehead atoms. The summed E-state index contributed by atoms with van der Waals surface area (Å²) in [6.45, 7) is 0.544. The largest absolute Gasteiger partial charge is 0.456 e. The topological polar surface area (TPSA) is 30.8 Å². The van der Waals surface area contributed by atoms with Crippen molar-refractivity contribution in [2.45, 2.75) is 0 Å². The van der Waals surface area contributed by atoms with Crippen molar-refractivity contribution in [3.8, 4) is 0 Å². The van der Waals surface area contributed by atoms with Crippen molar-refractivity contribution in [3.05, 3.63) is 12.5 Å². The Balaban J connectivity index is 2.33. The smallest absolute Gasteiger partial charge is 0.214 e. The molecule has 0 saturated carbocycles. The number of nitrogens with zero attached hydrogens (tertiary/aromatic N) is 1. The van der Waals surface area contributed by atoms with E-state index in [-0.39, 0.29) is 9.03 Å². The van der Waals surface area contributed by atoms with Gasteiger partial charge in [-0.05, 0) is 0 Å². The molecular formula is C4H6NO2P. The molecule has 0 saturated heterocycles. The summed E-state index contributed by atoms with van der Waals surface area (Å²) in [6, 6.07) is 0. The van der Waals surface area contributed by atoms with E-state index < -0.39 is 0 Å². The standard InChI is InChI=1S/C4H6NO2P/c1-3-6-8-7-4-2-5-1/h1-3,8H,4H2/b3-1-,5-2?. The molecule has 1 aliphatic rings. The van der Waals surface area contributed by atoms with Crippen LogP contribution in [0.25, 0.3) is 0 Å². The van der Waals surface area contributed by atoms with E-state index >= 15 is 0 Å². The monoisotopic (exact) mass is 131 g/mol. The number of hydrogen-bond donors (Lipinski definition) is 0. The molecule has 4 heteroatoms. The van der Waals surface area contributed by atoms with Gasteiger partial charge in [-0.25, -0.2) is 0 Å². The Bertz CT molecular complexity index is 98.6. The van der Waals surface area contributed by atoms with E-state index in [1.165, 1.54) is 6.26 Å². The predicted molar refractivity (Wildman–Crippen MR) is 33.0 cm³/mol. The lowest BCUT2D eigenvalue weighted by Gasteiger charge is -1.98. The zero-order valence-corrected chi connectivity index (χ0v) is 5.20. The van der Waals surface area contributed by atoms with Crippen molar-refractivity contribution in [1.29, 1.82) is 0 Å². The van der Waals surface area contributed by atoms with Crippen molar-refractivity contribution < 1.29 is 9.05 Å². The molecule has 0 amide bonds. The first-order valence-corrected chi connectivity index (χ1v) is 3.01. The molecular weight excluding hydrogens is 125 g/mol. The lowest BCUT2D eigenvalue weighted by Crippen LogP contribution is -1.86. The van der Waals surface area contributed by atoms with E-state index in [1.807, 2.05) is 0 Å². The minimum absolute atomic E-state index is 0.112. The average Bonchev–Trinajstić information content (AvgIpc) is 1.62. The molecule has 44 valence electrons. The molecule has 8 heavy (non-hydrogen) atoms. The van der Waals surface area contributed by atoms with Crippen molar-refractivity contribution in [1.82, 2.24) is 0 Å². The van der Waals surface area contributed by atoms with E-state index in [4.69, 9.17) is 9.05 Å². The minimum atomic E-state index is 0.112. The van der Waals surface area contributed by atoms with Gasteiger partial charge in [0, 0.05) is 6.21 Å². The van der Waals surface area contributed by atoms with Crippen LogP contribution < -0.4 is 0 Å². The van der Waals surface area contributed by atoms with Gasteiger partial charge >= 0.3 is 0 Å². The summed E-state index contributed by atoms with van der Waals surface area (Å²) in [6.07, 6.45) is 4.79. The number of aliphatic imine (C=N–C) groups is 1. The van der Waals surface area contributed by atoms with Crippen LogP contribution in [0, 0.1) is 0 Å². The van der Waals surface area contributed by atoms with Gasteiger partial charge in [-0.15, -0.1) is 0 Å². The normalized spacial score (nSPS) is 26.0. The first-order valence-electron chi connectivity index (χ1n) is 2.19. The molecule has 1 aliphatic heterocycles. The summed E-state index contributed by atoms with van der Waals surface area (Å²) in [5.74, 6) is 0. The van der Waals surface area contributed by atoms with Crippen LogP contribution in [0.15, 0.2) is 17.5 Å². The van der Waals surface area contributed by atoms with Gasteiger partial charge in [0.25, 0.3) is 0 Å².